The molecule has 5 rings (SSSR count). The second-order valence-electron chi connectivity index (χ2n) is 10.2. The molecule has 0 radical (unpaired) electrons. The van der Waals surface area contributed by atoms with Crippen molar-refractivity contribution in [2.75, 3.05) is 13.2 Å². The largest absolute Gasteiger partial charge is 0.453 e. The fraction of sp³-hybridized carbons (Fsp3) is 0.242. The van der Waals surface area contributed by atoms with E-state index in [-0.39, 0.29) is 28.5 Å². The molecule has 0 aliphatic carbocycles. The first kappa shape index (κ1) is 30.1. The second-order valence-corrected chi connectivity index (χ2v) is 11.1. The zero-order valence-electron chi connectivity index (χ0n) is 23.9. The van der Waals surface area contributed by atoms with Gasteiger partial charge in [-0.25, -0.2) is 18.4 Å². The van der Waals surface area contributed by atoms with Crippen LogP contribution in [0, 0.1) is 23.5 Å². The van der Waals surface area contributed by atoms with Crippen LogP contribution in [-0.4, -0.2) is 39.2 Å². The molecule has 0 saturated carbocycles. The summed E-state index contributed by atoms with van der Waals surface area (Å²) in [6.07, 6.45) is 3.53. The summed E-state index contributed by atoms with van der Waals surface area (Å²) < 4.78 is 44.2. The third kappa shape index (κ3) is 6.24. The number of carbonyl (C=O) groups excluding carboxylic acids is 1. The number of aryl methyl sites for hydroxylation is 1. The van der Waals surface area contributed by atoms with E-state index < -0.39 is 17.0 Å². The first-order valence-electron chi connectivity index (χ1n) is 13.6. The number of fused-ring (bicyclic) bond motifs is 1. The van der Waals surface area contributed by atoms with Crippen LogP contribution in [-0.2, 0) is 17.2 Å². The lowest BCUT2D eigenvalue weighted by atomic mass is 9.78. The molecule has 2 aromatic heterocycles. The van der Waals surface area contributed by atoms with Gasteiger partial charge in [0, 0.05) is 41.3 Å². The highest BCUT2D eigenvalue weighted by Crippen LogP contribution is 2.38. The van der Waals surface area contributed by atoms with E-state index in [0.717, 1.165) is 16.5 Å². The first-order valence-corrected chi connectivity index (χ1v) is 14.4. The number of H-pyrrole nitrogens is 1. The molecule has 1 atom stereocenters. The Morgan fingerprint density at radius 3 is 2.74 bits per heavy atom. The van der Waals surface area contributed by atoms with Crippen LogP contribution in [0.1, 0.15) is 48.4 Å². The number of hydrogen-bond donors (Lipinski definition) is 1. The van der Waals surface area contributed by atoms with Crippen molar-refractivity contribution in [1.29, 1.82) is 0 Å². The van der Waals surface area contributed by atoms with Gasteiger partial charge in [0.05, 0.1) is 16.5 Å². The molecule has 2 heterocycles. The number of aromatic amines is 1. The lowest BCUT2D eigenvalue weighted by Crippen LogP contribution is -2.26. The topological polar surface area (TPSA) is 82.0 Å². The minimum atomic E-state index is -0.723. The average Bonchev–Trinajstić information content (AvgIpc) is 3.62. The molecule has 0 fully saturated rings. The first-order chi connectivity index (χ1) is 20.7. The van der Waals surface area contributed by atoms with Crippen molar-refractivity contribution in [3.63, 3.8) is 0 Å². The van der Waals surface area contributed by atoms with Gasteiger partial charge in [-0.2, -0.15) is 5.10 Å². The molecule has 220 valence electrons. The van der Waals surface area contributed by atoms with Crippen LogP contribution < -0.4 is 4.74 Å². The highest BCUT2D eigenvalue weighted by Gasteiger charge is 2.34. The Hall–Kier alpha value is -4.33. The fourth-order valence-corrected chi connectivity index (χ4v) is 5.45. The summed E-state index contributed by atoms with van der Waals surface area (Å²) in [4.78, 5) is 19.6. The van der Waals surface area contributed by atoms with Crippen LogP contribution in [0.4, 0.5) is 8.78 Å². The smallest absolute Gasteiger partial charge is 0.174 e. The van der Waals surface area contributed by atoms with E-state index in [1.54, 1.807) is 26.2 Å². The van der Waals surface area contributed by atoms with Gasteiger partial charge in [0.2, 0.25) is 0 Å². The third-order valence-corrected chi connectivity index (χ3v) is 7.85. The van der Waals surface area contributed by atoms with Crippen LogP contribution in [0.3, 0.4) is 0 Å². The van der Waals surface area contributed by atoms with E-state index in [4.69, 9.17) is 19.6 Å². The standard InChI is InChI=1S/C33H29BrF2N4O3/c1-4-5-15-42-16-7-13-33(2,21-8-6-9-22(34)17-21)32-38-31(40(3)39-32)25-18-23(10-11-27(25)35)43-30-26(20-41)24-12-14-37-29(24)19-28(30)36/h6,8-12,14,17-20,37H,7,13,15-16H2,1-3H3. The number of ether oxygens (including phenoxy) is 2. The number of carbonyl (C=O) groups is 1. The van der Waals surface area contributed by atoms with Crippen molar-refractivity contribution in [2.24, 2.45) is 7.05 Å². The number of hydrogen-bond acceptors (Lipinski definition) is 5. The van der Waals surface area contributed by atoms with E-state index >= 15 is 4.39 Å². The highest BCUT2D eigenvalue weighted by atomic mass is 79.9. The lowest BCUT2D eigenvalue weighted by molar-refractivity contribution is 0.112. The van der Waals surface area contributed by atoms with E-state index in [1.807, 2.05) is 24.3 Å². The minimum Gasteiger partial charge on any atom is -0.453 e. The normalized spacial score (nSPS) is 12.5. The maximum absolute atomic E-state index is 15.3. The van der Waals surface area contributed by atoms with Gasteiger partial charge >= 0.3 is 0 Å². The van der Waals surface area contributed by atoms with Gasteiger partial charge in [0.15, 0.2) is 29.5 Å². The van der Waals surface area contributed by atoms with E-state index in [2.05, 4.69) is 39.7 Å². The molecule has 1 N–H and O–H groups in total. The van der Waals surface area contributed by atoms with Crippen LogP contribution >= 0.6 is 15.9 Å². The number of aldehydes is 1. The summed E-state index contributed by atoms with van der Waals surface area (Å²) in [6, 6.07) is 14.9. The Balaban J connectivity index is 1.50. The summed E-state index contributed by atoms with van der Waals surface area (Å²) >= 11 is 3.57. The van der Waals surface area contributed by atoms with E-state index in [0.29, 0.717) is 42.6 Å². The summed E-state index contributed by atoms with van der Waals surface area (Å²) in [5, 5.41) is 5.24. The van der Waals surface area contributed by atoms with Gasteiger partial charge in [-0.15, -0.1) is 5.92 Å². The maximum Gasteiger partial charge on any atom is 0.174 e. The molecule has 5 aromatic rings. The minimum absolute atomic E-state index is 0.0542. The highest BCUT2D eigenvalue weighted by molar-refractivity contribution is 9.10. The van der Waals surface area contributed by atoms with Crippen molar-refractivity contribution in [3.8, 4) is 34.7 Å². The summed E-state index contributed by atoms with van der Waals surface area (Å²) in [5.41, 5.74) is 0.999. The molecule has 0 saturated heterocycles. The van der Waals surface area contributed by atoms with Gasteiger partial charge in [0.25, 0.3) is 0 Å². The molecule has 0 aliphatic rings. The van der Waals surface area contributed by atoms with Crippen molar-refractivity contribution < 1.29 is 23.0 Å². The van der Waals surface area contributed by atoms with Crippen molar-refractivity contribution in [3.05, 3.63) is 93.9 Å². The van der Waals surface area contributed by atoms with Crippen molar-refractivity contribution >= 4 is 33.1 Å². The molecule has 0 amide bonds. The Kier molecular flexibility index (Phi) is 9.04. The number of nitrogens with one attached hydrogen (secondary N) is 1. The second kappa shape index (κ2) is 12.9. The summed E-state index contributed by atoms with van der Waals surface area (Å²) in [6.45, 7) is 4.70. The molecule has 0 spiro atoms. The van der Waals surface area contributed by atoms with Crippen LogP contribution in [0.5, 0.6) is 11.5 Å². The van der Waals surface area contributed by atoms with Gasteiger partial charge in [-0.3, -0.25) is 4.79 Å². The van der Waals surface area contributed by atoms with Gasteiger partial charge in [0.1, 0.15) is 18.2 Å². The Labute approximate surface area is 256 Å². The van der Waals surface area contributed by atoms with Crippen LogP contribution in [0.2, 0.25) is 0 Å². The van der Waals surface area contributed by atoms with E-state index in [1.165, 1.54) is 28.9 Å². The van der Waals surface area contributed by atoms with Crippen molar-refractivity contribution in [1.82, 2.24) is 19.7 Å². The Morgan fingerprint density at radius 2 is 1.98 bits per heavy atom. The molecule has 43 heavy (non-hydrogen) atoms. The lowest BCUT2D eigenvalue weighted by Gasteiger charge is -2.27. The van der Waals surface area contributed by atoms with Gasteiger partial charge in [-0.1, -0.05) is 34.0 Å². The predicted molar refractivity (Wildman–Crippen MR) is 164 cm³/mol. The molecular formula is C33H29BrF2N4O3. The van der Waals surface area contributed by atoms with E-state index in [9.17, 15) is 9.18 Å². The average molecular weight is 648 g/mol. The molecule has 1 unspecified atom stereocenters. The molecule has 0 bridgehead atoms. The number of halogens is 3. The van der Waals surface area contributed by atoms with Gasteiger partial charge < -0.3 is 14.5 Å². The zero-order valence-corrected chi connectivity index (χ0v) is 25.5. The number of rotatable bonds is 11. The zero-order chi connectivity index (χ0) is 30.6. The third-order valence-electron chi connectivity index (χ3n) is 7.35. The predicted octanol–water partition coefficient (Wildman–Crippen LogP) is 7.74. The van der Waals surface area contributed by atoms with Crippen LogP contribution in [0.15, 0.2) is 65.3 Å². The summed E-state index contributed by atoms with van der Waals surface area (Å²) in [5.74, 6) is 5.11. The summed E-state index contributed by atoms with van der Waals surface area (Å²) in [7, 11) is 1.69. The number of aromatic nitrogens is 4. The van der Waals surface area contributed by atoms with Crippen molar-refractivity contribution in [2.45, 2.75) is 32.1 Å². The molecule has 3 aromatic carbocycles. The molecule has 0 aliphatic heterocycles. The Bertz CT molecular complexity index is 1860. The quantitative estimate of drug-likeness (QED) is 0.0902. The monoisotopic (exact) mass is 646 g/mol. The SMILES string of the molecule is CC#CCOCCCC(C)(c1cccc(Br)c1)c1nc(-c2cc(Oc3c(F)cc4[nH]ccc4c3C=O)ccc2F)n(C)n1. The Morgan fingerprint density at radius 1 is 1.14 bits per heavy atom. The maximum atomic E-state index is 15.3. The number of benzene rings is 3. The fourth-order valence-electron chi connectivity index (χ4n) is 5.05. The number of nitrogens with zero attached hydrogens (tertiary/aromatic N) is 3. The molecule has 10 heteroatoms. The molecular weight excluding hydrogens is 618 g/mol. The van der Waals surface area contributed by atoms with Gasteiger partial charge in [-0.05, 0) is 68.7 Å². The van der Waals surface area contributed by atoms with Crippen LogP contribution in [0.25, 0.3) is 22.3 Å². The molecule has 7 nitrogen and oxygen atoms in total.